The number of aromatic nitrogens is 1. The van der Waals surface area contributed by atoms with E-state index in [1.165, 1.54) is 18.2 Å². The predicted molar refractivity (Wildman–Crippen MR) is 116 cm³/mol. The fraction of sp³-hybridized carbons (Fsp3) is 0.0435. The Morgan fingerprint density at radius 3 is 2.27 bits per heavy atom. The van der Waals surface area contributed by atoms with E-state index >= 15 is 0 Å². The number of ketones is 1. The van der Waals surface area contributed by atoms with Gasteiger partial charge >= 0.3 is 0 Å². The van der Waals surface area contributed by atoms with Gasteiger partial charge in [-0.05, 0) is 0 Å². The SMILES string of the molecule is O=C(CSc1nc(-c2ccccc2)c(-c2ccccc2)o1)c1cccc([N+](=O)[O-])c1. The molecule has 0 fully saturated rings. The van der Waals surface area contributed by atoms with E-state index in [-0.39, 0.29) is 22.8 Å². The normalized spacial score (nSPS) is 10.7. The van der Waals surface area contributed by atoms with Crippen LogP contribution in [0, 0.1) is 10.1 Å². The van der Waals surface area contributed by atoms with Crippen LogP contribution in [0.3, 0.4) is 0 Å². The molecule has 0 unspecified atom stereocenters. The number of benzene rings is 3. The average molecular weight is 416 g/mol. The number of Topliss-reactive ketones (excluding diaryl/α,β-unsaturated/α-hetero) is 1. The number of nitro benzene ring substituents is 1. The third-order valence-corrected chi connectivity index (χ3v) is 5.22. The minimum atomic E-state index is -0.518. The van der Waals surface area contributed by atoms with Crippen molar-refractivity contribution in [1.82, 2.24) is 4.98 Å². The molecule has 1 aromatic heterocycles. The molecule has 3 aromatic carbocycles. The van der Waals surface area contributed by atoms with E-state index in [9.17, 15) is 14.9 Å². The first-order valence-corrected chi connectivity index (χ1v) is 10.1. The molecular formula is C23H16N2O4S. The predicted octanol–water partition coefficient (Wildman–Crippen LogP) is 5.89. The van der Waals surface area contributed by atoms with Crippen molar-refractivity contribution >= 4 is 23.2 Å². The summed E-state index contributed by atoms with van der Waals surface area (Å²) in [6, 6.07) is 25.0. The zero-order chi connectivity index (χ0) is 20.9. The fourth-order valence-electron chi connectivity index (χ4n) is 2.94. The van der Waals surface area contributed by atoms with Crippen molar-refractivity contribution in [3.63, 3.8) is 0 Å². The number of nitrogens with zero attached hydrogens (tertiary/aromatic N) is 2. The average Bonchev–Trinajstić information content (AvgIpc) is 3.23. The van der Waals surface area contributed by atoms with Crippen LogP contribution in [0.15, 0.2) is 94.6 Å². The fourth-order valence-corrected chi connectivity index (χ4v) is 3.66. The third kappa shape index (κ3) is 4.31. The summed E-state index contributed by atoms with van der Waals surface area (Å²) >= 11 is 1.16. The maximum absolute atomic E-state index is 12.5. The molecule has 148 valence electrons. The van der Waals surface area contributed by atoms with Crippen LogP contribution in [0.5, 0.6) is 0 Å². The Bertz CT molecular complexity index is 1130. The molecule has 0 saturated carbocycles. The number of thioether (sulfide) groups is 1. The molecule has 4 aromatic rings. The highest BCUT2D eigenvalue weighted by Gasteiger charge is 2.19. The summed E-state index contributed by atoms with van der Waals surface area (Å²) in [5, 5.41) is 11.3. The van der Waals surface area contributed by atoms with Gasteiger partial charge in [0.05, 0.1) is 10.7 Å². The van der Waals surface area contributed by atoms with Gasteiger partial charge in [0, 0.05) is 28.8 Å². The molecule has 0 amide bonds. The second-order valence-corrected chi connectivity index (χ2v) is 7.34. The molecule has 0 saturated heterocycles. The summed E-state index contributed by atoms with van der Waals surface area (Å²) in [6.07, 6.45) is 0. The highest BCUT2D eigenvalue weighted by molar-refractivity contribution is 7.99. The number of non-ortho nitro benzene ring substituents is 1. The lowest BCUT2D eigenvalue weighted by Crippen LogP contribution is -2.03. The van der Waals surface area contributed by atoms with Crippen LogP contribution in [-0.4, -0.2) is 21.4 Å². The molecule has 0 aliphatic rings. The van der Waals surface area contributed by atoms with Crippen molar-refractivity contribution in [3.05, 3.63) is 101 Å². The Hall–Kier alpha value is -3.71. The third-order valence-electron chi connectivity index (χ3n) is 4.40. The van der Waals surface area contributed by atoms with Gasteiger partial charge in [0.2, 0.25) is 0 Å². The summed E-state index contributed by atoms with van der Waals surface area (Å²) in [4.78, 5) is 27.5. The van der Waals surface area contributed by atoms with Crippen molar-refractivity contribution in [2.75, 3.05) is 5.75 Å². The molecule has 0 aliphatic heterocycles. The second kappa shape index (κ2) is 8.75. The number of hydrogen-bond donors (Lipinski definition) is 0. The lowest BCUT2D eigenvalue weighted by Gasteiger charge is -2.00. The zero-order valence-electron chi connectivity index (χ0n) is 15.7. The van der Waals surface area contributed by atoms with Crippen molar-refractivity contribution in [1.29, 1.82) is 0 Å². The molecule has 6 nitrogen and oxygen atoms in total. The molecule has 0 atom stereocenters. The molecule has 0 radical (unpaired) electrons. The highest BCUT2D eigenvalue weighted by atomic mass is 32.2. The van der Waals surface area contributed by atoms with E-state index in [0.29, 0.717) is 16.7 Å². The van der Waals surface area contributed by atoms with Crippen molar-refractivity contribution in [2.24, 2.45) is 0 Å². The Labute approximate surface area is 176 Å². The second-order valence-electron chi connectivity index (χ2n) is 6.41. The molecule has 1 heterocycles. The smallest absolute Gasteiger partial charge is 0.270 e. The Morgan fingerprint density at radius 2 is 1.60 bits per heavy atom. The maximum Gasteiger partial charge on any atom is 0.270 e. The topological polar surface area (TPSA) is 86.2 Å². The molecular weight excluding hydrogens is 400 g/mol. The highest BCUT2D eigenvalue weighted by Crippen LogP contribution is 2.35. The van der Waals surface area contributed by atoms with E-state index in [1.807, 2.05) is 60.7 Å². The van der Waals surface area contributed by atoms with Gasteiger partial charge in [-0.25, -0.2) is 4.98 Å². The first-order valence-electron chi connectivity index (χ1n) is 9.14. The minimum absolute atomic E-state index is 0.0597. The van der Waals surface area contributed by atoms with Gasteiger partial charge in [-0.1, -0.05) is 84.6 Å². The largest absolute Gasteiger partial charge is 0.431 e. The van der Waals surface area contributed by atoms with Crippen molar-refractivity contribution < 1.29 is 14.1 Å². The summed E-state index contributed by atoms with van der Waals surface area (Å²) in [7, 11) is 0. The van der Waals surface area contributed by atoms with Crippen molar-refractivity contribution in [2.45, 2.75) is 5.22 Å². The van der Waals surface area contributed by atoms with Crippen LogP contribution >= 0.6 is 11.8 Å². The summed E-state index contributed by atoms with van der Waals surface area (Å²) in [5.41, 5.74) is 2.68. The van der Waals surface area contributed by atoms with Crippen LogP contribution in [0.1, 0.15) is 10.4 Å². The molecule has 0 N–H and O–H groups in total. The minimum Gasteiger partial charge on any atom is -0.431 e. The van der Waals surface area contributed by atoms with E-state index in [2.05, 4.69) is 4.98 Å². The van der Waals surface area contributed by atoms with Gasteiger partial charge in [0.15, 0.2) is 11.5 Å². The van der Waals surface area contributed by atoms with Gasteiger partial charge in [-0.2, -0.15) is 0 Å². The molecule has 0 spiro atoms. The van der Waals surface area contributed by atoms with Gasteiger partial charge in [-0.15, -0.1) is 0 Å². The van der Waals surface area contributed by atoms with E-state index < -0.39 is 4.92 Å². The first-order chi connectivity index (χ1) is 14.6. The van der Waals surface area contributed by atoms with Gasteiger partial charge in [-0.3, -0.25) is 14.9 Å². The van der Waals surface area contributed by atoms with Crippen LogP contribution in [0.4, 0.5) is 5.69 Å². The summed E-state index contributed by atoms with van der Waals surface area (Å²) in [6.45, 7) is 0. The first kappa shape index (κ1) is 19.6. The Balaban J connectivity index is 1.59. The van der Waals surface area contributed by atoms with Crippen LogP contribution in [-0.2, 0) is 0 Å². The molecule has 4 rings (SSSR count). The number of hydrogen-bond acceptors (Lipinski definition) is 6. The van der Waals surface area contributed by atoms with Gasteiger partial charge < -0.3 is 4.42 Å². The molecule has 0 bridgehead atoms. The number of carbonyl (C=O) groups excluding carboxylic acids is 1. The standard InChI is InChI=1S/C23H16N2O4S/c26-20(18-12-7-13-19(14-18)25(27)28)15-30-23-24-21(16-8-3-1-4-9-16)22(29-23)17-10-5-2-6-11-17/h1-14H,15H2. The zero-order valence-corrected chi connectivity index (χ0v) is 16.5. The maximum atomic E-state index is 12.5. The summed E-state index contributed by atoms with van der Waals surface area (Å²) < 4.78 is 5.99. The lowest BCUT2D eigenvalue weighted by atomic mass is 10.1. The lowest BCUT2D eigenvalue weighted by molar-refractivity contribution is -0.384. The van der Waals surface area contributed by atoms with Crippen LogP contribution < -0.4 is 0 Å². The van der Waals surface area contributed by atoms with Crippen LogP contribution in [0.25, 0.3) is 22.6 Å². The quantitative estimate of drug-likeness (QED) is 0.162. The summed E-state index contributed by atoms with van der Waals surface area (Å²) in [5.74, 6) is 0.459. The van der Waals surface area contributed by atoms with E-state index in [1.54, 1.807) is 6.07 Å². The molecule has 0 aliphatic carbocycles. The van der Waals surface area contributed by atoms with Gasteiger partial charge in [0.1, 0.15) is 5.69 Å². The Kier molecular flexibility index (Phi) is 5.72. The number of rotatable bonds is 7. The number of oxazole rings is 1. The molecule has 30 heavy (non-hydrogen) atoms. The van der Waals surface area contributed by atoms with Crippen molar-refractivity contribution in [3.8, 4) is 22.6 Å². The Morgan fingerprint density at radius 1 is 0.933 bits per heavy atom. The van der Waals surface area contributed by atoms with Crippen LogP contribution in [0.2, 0.25) is 0 Å². The van der Waals surface area contributed by atoms with E-state index in [0.717, 1.165) is 22.9 Å². The van der Waals surface area contributed by atoms with Gasteiger partial charge in [0.25, 0.3) is 10.9 Å². The number of nitro groups is 1. The number of carbonyl (C=O) groups is 1. The monoisotopic (exact) mass is 416 g/mol. The molecule has 7 heteroatoms. The van der Waals surface area contributed by atoms with E-state index in [4.69, 9.17) is 4.42 Å².